The minimum absolute atomic E-state index is 0.545. The van der Waals surface area contributed by atoms with Gasteiger partial charge in [0.1, 0.15) is 11.9 Å². The number of hydrogen-bond donors (Lipinski definition) is 0. The molecule has 0 amide bonds. The van der Waals surface area contributed by atoms with Crippen LogP contribution in [0.3, 0.4) is 0 Å². The van der Waals surface area contributed by atoms with Gasteiger partial charge in [-0.25, -0.2) is 9.50 Å². The molecule has 31 heavy (non-hydrogen) atoms. The van der Waals surface area contributed by atoms with E-state index in [1.165, 1.54) is 25.7 Å². The second-order valence-corrected chi connectivity index (χ2v) is 8.98. The Bertz CT molecular complexity index is 1310. The van der Waals surface area contributed by atoms with Crippen molar-refractivity contribution in [1.29, 1.82) is 5.26 Å². The summed E-state index contributed by atoms with van der Waals surface area (Å²) < 4.78 is 3.56. The molecule has 154 valence electrons. The highest BCUT2D eigenvalue weighted by Crippen LogP contribution is 2.46. The summed E-state index contributed by atoms with van der Waals surface area (Å²) in [5, 5.41) is 18.3. The Kier molecular flexibility index (Phi) is 3.90. The van der Waals surface area contributed by atoms with Gasteiger partial charge in [-0.05, 0) is 31.0 Å². The predicted octanol–water partition coefficient (Wildman–Crippen LogP) is 4.05. The van der Waals surface area contributed by atoms with Gasteiger partial charge in [0.25, 0.3) is 0 Å². The first-order valence-electron chi connectivity index (χ1n) is 10.8. The van der Waals surface area contributed by atoms with Gasteiger partial charge in [0.05, 0.1) is 23.5 Å². The first-order chi connectivity index (χ1) is 15.1. The van der Waals surface area contributed by atoms with Crippen LogP contribution in [0.2, 0.25) is 0 Å². The van der Waals surface area contributed by atoms with Crippen LogP contribution in [0, 0.1) is 16.7 Å². The molecule has 2 aliphatic rings. The zero-order valence-electron chi connectivity index (χ0n) is 17.5. The SMILES string of the molecule is Cn1cc(-c2cc(-c3ccc(N4CC5(CCCC5)C4)nc3)c3c(C#N)cnn3c2)cn1. The van der Waals surface area contributed by atoms with Gasteiger partial charge >= 0.3 is 0 Å². The maximum atomic E-state index is 9.60. The molecule has 1 aliphatic heterocycles. The number of aromatic nitrogens is 5. The highest BCUT2D eigenvalue weighted by Gasteiger charge is 2.45. The van der Waals surface area contributed by atoms with Crippen molar-refractivity contribution in [2.75, 3.05) is 18.0 Å². The second-order valence-electron chi connectivity index (χ2n) is 8.98. The molecule has 2 fully saturated rings. The van der Waals surface area contributed by atoms with Crippen LogP contribution in [-0.4, -0.2) is 37.5 Å². The molecule has 4 aromatic rings. The lowest BCUT2D eigenvalue weighted by atomic mass is 9.78. The summed E-state index contributed by atoms with van der Waals surface area (Å²) in [5.41, 5.74) is 5.84. The van der Waals surface area contributed by atoms with Crippen molar-refractivity contribution in [2.24, 2.45) is 12.5 Å². The molecule has 0 unspecified atom stereocenters. The van der Waals surface area contributed by atoms with Gasteiger partial charge in [0.2, 0.25) is 0 Å². The van der Waals surface area contributed by atoms with Crippen molar-refractivity contribution in [3.05, 3.63) is 54.7 Å². The number of hydrogen-bond acceptors (Lipinski definition) is 5. The molecular formula is C24H23N7. The highest BCUT2D eigenvalue weighted by atomic mass is 15.3. The number of nitrogens with zero attached hydrogens (tertiary/aromatic N) is 7. The molecule has 7 nitrogen and oxygen atoms in total. The first kappa shape index (κ1) is 18.1. The first-order valence-corrected chi connectivity index (χ1v) is 10.8. The van der Waals surface area contributed by atoms with E-state index >= 15 is 0 Å². The van der Waals surface area contributed by atoms with E-state index in [0.29, 0.717) is 11.0 Å². The smallest absolute Gasteiger partial charge is 0.128 e. The molecule has 0 bridgehead atoms. The highest BCUT2D eigenvalue weighted by molar-refractivity contribution is 5.87. The van der Waals surface area contributed by atoms with Gasteiger partial charge in [0, 0.05) is 66.4 Å². The molecule has 1 saturated heterocycles. The third-order valence-electron chi connectivity index (χ3n) is 6.87. The topological polar surface area (TPSA) is 75.0 Å². The monoisotopic (exact) mass is 409 g/mol. The van der Waals surface area contributed by atoms with Crippen molar-refractivity contribution < 1.29 is 0 Å². The molecule has 6 rings (SSSR count). The third kappa shape index (κ3) is 2.90. The Hall–Kier alpha value is -3.66. The molecule has 1 spiro atoms. The van der Waals surface area contributed by atoms with Crippen molar-refractivity contribution in [2.45, 2.75) is 25.7 Å². The summed E-state index contributed by atoms with van der Waals surface area (Å²) in [6.45, 7) is 2.25. The fraction of sp³-hybridized carbons (Fsp3) is 0.333. The zero-order valence-corrected chi connectivity index (χ0v) is 17.5. The lowest BCUT2D eigenvalue weighted by Gasteiger charge is -2.49. The van der Waals surface area contributed by atoms with Gasteiger partial charge in [0.15, 0.2) is 0 Å². The van der Waals surface area contributed by atoms with E-state index in [1.54, 1.807) is 15.4 Å². The maximum Gasteiger partial charge on any atom is 0.128 e. The Morgan fingerprint density at radius 3 is 2.48 bits per heavy atom. The maximum absolute atomic E-state index is 9.60. The van der Waals surface area contributed by atoms with E-state index in [2.05, 4.69) is 39.4 Å². The normalized spacial score (nSPS) is 17.2. The predicted molar refractivity (Wildman–Crippen MR) is 118 cm³/mol. The fourth-order valence-electron chi connectivity index (χ4n) is 5.25. The fourth-order valence-corrected chi connectivity index (χ4v) is 5.25. The number of nitriles is 1. The Morgan fingerprint density at radius 1 is 0.968 bits per heavy atom. The Balaban J connectivity index is 1.39. The second kappa shape index (κ2) is 6.67. The number of aryl methyl sites for hydroxylation is 1. The van der Waals surface area contributed by atoms with Crippen molar-refractivity contribution >= 4 is 11.3 Å². The molecule has 5 heterocycles. The lowest BCUT2D eigenvalue weighted by Crippen LogP contribution is -2.55. The van der Waals surface area contributed by atoms with Gasteiger partial charge < -0.3 is 4.90 Å². The average Bonchev–Trinajstić information content (AvgIpc) is 3.51. The van der Waals surface area contributed by atoms with E-state index in [9.17, 15) is 5.26 Å². The van der Waals surface area contributed by atoms with Crippen molar-refractivity contribution in [1.82, 2.24) is 24.4 Å². The van der Waals surface area contributed by atoms with Crippen LogP contribution in [0.25, 0.3) is 27.8 Å². The number of anilines is 1. The third-order valence-corrected chi connectivity index (χ3v) is 6.87. The molecule has 7 heteroatoms. The summed E-state index contributed by atoms with van der Waals surface area (Å²) in [5.74, 6) is 1.04. The van der Waals surface area contributed by atoms with Crippen LogP contribution in [0.5, 0.6) is 0 Å². The summed E-state index contributed by atoms with van der Waals surface area (Å²) >= 11 is 0. The molecule has 0 N–H and O–H groups in total. The van der Waals surface area contributed by atoms with E-state index < -0.39 is 0 Å². The molecule has 0 atom stereocenters. The largest absolute Gasteiger partial charge is 0.355 e. The molecular weight excluding hydrogens is 386 g/mol. The summed E-state index contributed by atoms with van der Waals surface area (Å²) in [4.78, 5) is 7.17. The van der Waals surface area contributed by atoms with Crippen molar-refractivity contribution in [3.8, 4) is 28.3 Å². The Labute approximate surface area is 180 Å². The number of fused-ring (bicyclic) bond motifs is 1. The lowest BCUT2D eigenvalue weighted by molar-refractivity contribution is 0.220. The Morgan fingerprint density at radius 2 is 1.81 bits per heavy atom. The number of pyridine rings is 2. The number of rotatable bonds is 3. The van der Waals surface area contributed by atoms with E-state index in [1.807, 2.05) is 31.8 Å². The van der Waals surface area contributed by atoms with Crippen LogP contribution in [0.4, 0.5) is 5.82 Å². The van der Waals surface area contributed by atoms with Gasteiger partial charge in [-0.1, -0.05) is 12.8 Å². The molecule has 1 aliphatic carbocycles. The summed E-state index contributed by atoms with van der Waals surface area (Å²) in [6.07, 6.45) is 14.8. The minimum atomic E-state index is 0.545. The average molecular weight is 409 g/mol. The van der Waals surface area contributed by atoms with Gasteiger partial charge in [-0.3, -0.25) is 4.68 Å². The molecule has 1 saturated carbocycles. The van der Waals surface area contributed by atoms with Crippen LogP contribution >= 0.6 is 0 Å². The summed E-state index contributed by atoms with van der Waals surface area (Å²) in [7, 11) is 1.90. The van der Waals surface area contributed by atoms with Crippen LogP contribution in [0.15, 0.2) is 49.2 Å². The quantitative estimate of drug-likeness (QED) is 0.510. The summed E-state index contributed by atoms with van der Waals surface area (Å²) in [6, 6.07) is 8.58. The van der Waals surface area contributed by atoms with Crippen LogP contribution < -0.4 is 4.90 Å². The standard InChI is InChI=1S/C24H23N7/c1-29-13-20(12-27-29)18-8-21(23-19(9-25)11-28-31(23)14-18)17-4-5-22(26-10-17)30-15-24(16-30)6-2-3-7-24/h4-5,8,10-14H,2-3,6-7,15-16H2,1H3. The van der Waals surface area contributed by atoms with E-state index in [4.69, 9.17) is 4.98 Å². The van der Waals surface area contributed by atoms with Crippen LogP contribution in [-0.2, 0) is 7.05 Å². The van der Waals surface area contributed by atoms with E-state index in [0.717, 1.165) is 46.7 Å². The zero-order chi connectivity index (χ0) is 21.0. The van der Waals surface area contributed by atoms with Gasteiger partial charge in [-0.2, -0.15) is 15.5 Å². The van der Waals surface area contributed by atoms with Crippen molar-refractivity contribution in [3.63, 3.8) is 0 Å². The van der Waals surface area contributed by atoms with E-state index in [-0.39, 0.29) is 0 Å². The molecule has 0 aromatic carbocycles. The van der Waals surface area contributed by atoms with Gasteiger partial charge in [-0.15, -0.1) is 0 Å². The molecule has 0 radical (unpaired) electrons. The minimum Gasteiger partial charge on any atom is -0.355 e. The molecule has 4 aromatic heterocycles. The van der Waals surface area contributed by atoms with Crippen LogP contribution in [0.1, 0.15) is 31.2 Å².